The Hall–Kier alpha value is -1.39. The molecule has 0 aromatic heterocycles. The smallest absolute Gasteiger partial charge is 0.251 e. The average Bonchev–Trinajstić information content (AvgIpc) is 2.37. The van der Waals surface area contributed by atoms with E-state index in [0.29, 0.717) is 13.2 Å². The van der Waals surface area contributed by atoms with Crippen LogP contribution in [0.25, 0.3) is 0 Å². The molecule has 0 radical (unpaired) electrons. The second-order valence-electron chi connectivity index (χ2n) is 4.73. The number of aryl methyl sites for hydroxylation is 2. The van der Waals surface area contributed by atoms with E-state index in [1.54, 1.807) is 0 Å². The first kappa shape index (κ1) is 13.1. The van der Waals surface area contributed by atoms with Crippen molar-refractivity contribution in [2.24, 2.45) is 0 Å². The standard InChI is InChI=1S/C14H20N2O2/c1-10-3-4-13(11(2)7-10)14(17)16-9-12-8-15-5-6-18-12/h3-4,7,12,15H,5-6,8-9H2,1-2H3,(H,16,17). The number of hydrogen-bond donors (Lipinski definition) is 2. The molecule has 1 saturated heterocycles. The summed E-state index contributed by atoms with van der Waals surface area (Å²) in [6.45, 7) is 6.94. The van der Waals surface area contributed by atoms with Gasteiger partial charge in [-0.1, -0.05) is 17.7 Å². The van der Waals surface area contributed by atoms with Crippen LogP contribution in [0, 0.1) is 13.8 Å². The summed E-state index contributed by atoms with van der Waals surface area (Å²) in [6, 6.07) is 5.86. The highest BCUT2D eigenvalue weighted by atomic mass is 16.5. The van der Waals surface area contributed by atoms with Crippen LogP contribution >= 0.6 is 0 Å². The third-order valence-corrected chi connectivity index (χ3v) is 3.12. The lowest BCUT2D eigenvalue weighted by Gasteiger charge is -2.23. The van der Waals surface area contributed by atoms with Gasteiger partial charge in [0.25, 0.3) is 5.91 Å². The summed E-state index contributed by atoms with van der Waals surface area (Å²) in [5.74, 6) is -0.0262. The molecule has 1 amide bonds. The van der Waals surface area contributed by atoms with Crippen molar-refractivity contribution in [1.29, 1.82) is 0 Å². The highest BCUT2D eigenvalue weighted by molar-refractivity contribution is 5.95. The van der Waals surface area contributed by atoms with Gasteiger partial charge < -0.3 is 15.4 Å². The molecule has 0 aliphatic carbocycles. The van der Waals surface area contributed by atoms with E-state index in [9.17, 15) is 4.79 Å². The Kier molecular flexibility index (Phi) is 4.33. The number of carbonyl (C=O) groups excluding carboxylic acids is 1. The molecule has 1 aliphatic rings. The van der Waals surface area contributed by atoms with Crippen LogP contribution in [0.15, 0.2) is 18.2 Å². The molecule has 2 rings (SSSR count). The number of amides is 1. The van der Waals surface area contributed by atoms with E-state index in [4.69, 9.17) is 4.74 Å². The van der Waals surface area contributed by atoms with Crippen molar-refractivity contribution in [3.05, 3.63) is 34.9 Å². The minimum absolute atomic E-state index is 0.0262. The van der Waals surface area contributed by atoms with Gasteiger partial charge in [0.05, 0.1) is 12.7 Å². The maximum absolute atomic E-state index is 12.0. The molecule has 18 heavy (non-hydrogen) atoms. The van der Waals surface area contributed by atoms with Crippen molar-refractivity contribution in [1.82, 2.24) is 10.6 Å². The minimum atomic E-state index is -0.0262. The largest absolute Gasteiger partial charge is 0.374 e. The van der Waals surface area contributed by atoms with Crippen LogP contribution in [-0.4, -0.2) is 38.3 Å². The lowest BCUT2D eigenvalue weighted by molar-refractivity contribution is 0.0287. The molecule has 0 saturated carbocycles. The molecule has 0 bridgehead atoms. The van der Waals surface area contributed by atoms with Crippen molar-refractivity contribution >= 4 is 5.91 Å². The van der Waals surface area contributed by atoms with Gasteiger partial charge in [-0.05, 0) is 25.5 Å². The third kappa shape index (κ3) is 3.31. The highest BCUT2D eigenvalue weighted by Crippen LogP contribution is 2.10. The van der Waals surface area contributed by atoms with Gasteiger partial charge in [-0.3, -0.25) is 4.79 Å². The topological polar surface area (TPSA) is 50.4 Å². The highest BCUT2D eigenvalue weighted by Gasteiger charge is 2.15. The van der Waals surface area contributed by atoms with Gasteiger partial charge in [0.2, 0.25) is 0 Å². The summed E-state index contributed by atoms with van der Waals surface area (Å²) in [7, 11) is 0. The lowest BCUT2D eigenvalue weighted by atomic mass is 10.1. The molecular formula is C14H20N2O2. The summed E-state index contributed by atoms with van der Waals surface area (Å²) in [5, 5.41) is 6.17. The predicted octanol–water partition coefficient (Wildman–Crippen LogP) is 1.02. The van der Waals surface area contributed by atoms with Gasteiger partial charge in [-0.25, -0.2) is 0 Å². The Morgan fingerprint density at radius 3 is 3.00 bits per heavy atom. The molecule has 1 aliphatic heterocycles. The average molecular weight is 248 g/mol. The second-order valence-corrected chi connectivity index (χ2v) is 4.73. The van der Waals surface area contributed by atoms with Gasteiger partial charge >= 0.3 is 0 Å². The van der Waals surface area contributed by atoms with Gasteiger partial charge in [0, 0.05) is 25.2 Å². The molecule has 1 fully saturated rings. The SMILES string of the molecule is Cc1ccc(C(=O)NCC2CNCCO2)c(C)c1. The van der Waals surface area contributed by atoms with Crippen LogP contribution in [-0.2, 0) is 4.74 Å². The maximum Gasteiger partial charge on any atom is 0.251 e. The van der Waals surface area contributed by atoms with Crippen molar-refractivity contribution in [3.8, 4) is 0 Å². The Labute approximate surface area is 108 Å². The van der Waals surface area contributed by atoms with Crippen LogP contribution < -0.4 is 10.6 Å². The molecule has 1 unspecified atom stereocenters. The zero-order chi connectivity index (χ0) is 13.0. The molecule has 0 spiro atoms. The van der Waals surface area contributed by atoms with Gasteiger partial charge in [0.15, 0.2) is 0 Å². The van der Waals surface area contributed by atoms with E-state index in [1.807, 2.05) is 32.0 Å². The fraction of sp³-hybridized carbons (Fsp3) is 0.500. The number of morpholine rings is 1. The fourth-order valence-corrected chi connectivity index (χ4v) is 2.12. The van der Waals surface area contributed by atoms with Crippen LogP contribution in [0.4, 0.5) is 0 Å². The van der Waals surface area contributed by atoms with Crippen molar-refractivity contribution < 1.29 is 9.53 Å². The van der Waals surface area contributed by atoms with E-state index < -0.39 is 0 Å². The van der Waals surface area contributed by atoms with E-state index in [2.05, 4.69) is 10.6 Å². The van der Waals surface area contributed by atoms with Gasteiger partial charge in [-0.15, -0.1) is 0 Å². The van der Waals surface area contributed by atoms with E-state index in [0.717, 1.165) is 24.2 Å². The zero-order valence-electron chi connectivity index (χ0n) is 11.0. The van der Waals surface area contributed by atoms with Crippen molar-refractivity contribution in [3.63, 3.8) is 0 Å². The van der Waals surface area contributed by atoms with Crippen LogP contribution in [0.5, 0.6) is 0 Å². The Bertz CT molecular complexity index is 426. The number of benzene rings is 1. The number of hydrogen-bond acceptors (Lipinski definition) is 3. The van der Waals surface area contributed by atoms with Crippen molar-refractivity contribution in [2.45, 2.75) is 20.0 Å². The number of carbonyl (C=O) groups is 1. The van der Waals surface area contributed by atoms with E-state index >= 15 is 0 Å². The van der Waals surface area contributed by atoms with Crippen molar-refractivity contribution in [2.75, 3.05) is 26.2 Å². The van der Waals surface area contributed by atoms with Crippen LogP contribution in [0.1, 0.15) is 21.5 Å². The first-order chi connectivity index (χ1) is 8.66. The van der Waals surface area contributed by atoms with Gasteiger partial charge in [0.1, 0.15) is 0 Å². The summed E-state index contributed by atoms with van der Waals surface area (Å²) in [6.07, 6.45) is 0.0773. The molecule has 1 aromatic carbocycles. The Balaban J connectivity index is 1.90. The predicted molar refractivity (Wildman–Crippen MR) is 70.9 cm³/mol. The van der Waals surface area contributed by atoms with Crippen LogP contribution in [0.2, 0.25) is 0 Å². The number of rotatable bonds is 3. The van der Waals surface area contributed by atoms with Crippen LogP contribution in [0.3, 0.4) is 0 Å². The quantitative estimate of drug-likeness (QED) is 0.839. The summed E-state index contributed by atoms with van der Waals surface area (Å²) in [4.78, 5) is 12.0. The van der Waals surface area contributed by atoms with E-state index in [-0.39, 0.29) is 12.0 Å². The van der Waals surface area contributed by atoms with Gasteiger partial charge in [-0.2, -0.15) is 0 Å². The first-order valence-corrected chi connectivity index (χ1v) is 6.34. The normalized spacial score (nSPS) is 19.6. The summed E-state index contributed by atoms with van der Waals surface area (Å²) < 4.78 is 5.54. The second kappa shape index (κ2) is 5.98. The third-order valence-electron chi connectivity index (χ3n) is 3.12. The number of nitrogens with one attached hydrogen (secondary N) is 2. The summed E-state index contributed by atoms with van der Waals surface area (Å²) >= 11 is 0. The van der Waals surface area contributed by atoms with E-state index in [1.165, 1.54) is 5.56 Å². The first-order valence-electron chi connectivity index (χ1n) is 6.34. The monoisotopic (exact) mass is 248 g/mol. The Morgan fingerprint density at radius 1 is 1.50 bits per heavy atom. The molecule has 4 heteroatoms. The molecule has 4 nitrogen and oxygen atoms in total. The number of ether oxygens (including phenoxy) is 1. The lowest BCUT2D eigenvalue weighted by Crippen LogP contribution is -2.45. The minimum Gasteiger partial charge on any atom is -0.374 e. The molecule has 1 aromatic rings. The zero-order valence-corrected chi connectivity index (χ0v) is 11.0. The molecule has 1 atom stereocenters. The molecule has 1 heterocycles. The molecular weight excluding hydrogens is 228 g/mol. The fourth-order valence-electron chi connectivity index (χ4n) is 2.12. The summed E-state index contributed by atoms with van der Waals surface area (Å²) in [5.41, 5.74) is 2.92. The molecule has 98 valence electrons. The Morgan fingerprint density at radius 2 is 2.33 bits per heavy atom. The maximum atomic E-state index is 12.0. The molecule has 2 N–H and O–H groups in total.